The summed E-state index contributed by atoms with van der Waals surface area (Å²) in [7, 11) is 0. The minimum absolute atomic E-state index is 0.107. The first kappa shape index (κ1) is 55.3. The minimum atomic E-state index is -0.810. The van der Waals surface area contributed by atoms with Crippen LogP contribution in [0.4, 0.5) is 0 Å². The van der Waals surface area contributed by atoms with Crippen LogP contribution in [0.15, 0.2) is 97.2 Å². The van der Waals surface area contributed by atoms with Gasteiger partial charge in [0, 0.05) is 19.3 Å². The maximum Gasteiger partial charge on any atom is 0.306 e. The lowest BCUT2D eigenvalue weighted by atomic mass is 10.1. The maximum absolute atomic E-state index is 12.7. The summed E-state index contributed by atoms with van der Waals surface area (Å²) >= 11 is 0. The molecule has 0 aromatic heterocycles. The number of carbonyl (C=O) groups is 3. The Bertz CT molecular complexity index is 1220. The SMILES string of the molecule is CC/C=C\C/C=C\C/C=C\C/C=C\C/C=C\CCCC(=O)OCC(COC(=O)CCCCCCC/C=C\CCC)OC(=O)CCCCCCC/C=C\C/C=C\CCCC. The predicted molar refractivity (Wildman–Crippen MR) is 251 cm³/mol. The van der Waals surface area contributed by atoms with Crippen LogP contribution in [0.25, 0.3) is 0 Å². The van der Waals surface area contributed by atoms with Crippen molar-refractivity contribution < 1.29 is 28.6 Å². The van der Waals surface area contributed by atoms with E-state index in [1.165, 1.54) is 32.1 Å². The van der Waals surface area contributed by atoms with Crippen LogP contribution in [0.1, 0.15) is 201 Å². The molecule has 0 rings (SSSR count). The first-order valence-corrected chi connectivity index (χ1v) is 23.7. The zero-order chi connectivity index (χ0) is 43.0. The van der Waals surface area contributed by atoms with Gasteiger partial charge in [0.2, 0.25) is 0 Å². The number of esters is 3. The number of ether oxygens (including phenoxy) is 3. The molecular weight excluding hydrogens is 733 g/mol. The molecular formula is C53H86O6. The van der Waals surface area contributed by atoms with E-state index in [2.05, 4.69) is 118 Å². The summed E-state index contributed by atoms with van der Waals surface area (Å²) in [6.45, 7) is 6.33. The zero-order valence-electron chi connectivity index (χ0n) is 38.0. The van der Waals surface area contributed by atoms with Gasteiger partial charge < -0.3 is 14.2 Å². The molecule has 0 radical (unpaired) electrons. The van der Waals surface area contributed by atoms with Crippen LogP contribution in [-0.2, 0) is 28.6 Å². The van der Waals surface area contributed by atoms with Gasteiger partial charge in [-0.1, -0.05) is 176 Å². The van der Waals surface area contributed by atoms with E-state index in [0.29, 0.717) is 19.3 Å². The largest absolute Gasteiger partial charge is 0.462 e. The molecule has 0 bridgehead atoms. The van der Waals surface area contributed by atoms with Crippen molar-refractivity contribution in [3.05, 3.63) is 97.2 Å². The van der Waals surface area contributed by atoms with Crippen molar-refractivity contribution in [2.24, 2.45) is 0 Å². The molecule has 6 nitrogen and oxygen atoms in total. The van der Waals surface area contributed by atoms with Crippen molar-refractivity contribution in [3.63, 3.8) is 0 Å². The summed E-state index contributed by atoms with van der Waals surface area (Å²) in [5.74, 6) is -1.00. The monoisotopic (exact) mass is 819 g/mol. The molecule has 334 valence electrons. The highest BCUT2D eigenvalue weighted by Gasteiger charge is 2.19. The first-order chi connectivity index (χ1) is 29.0. The van der Waals surface area contributed by atoms with Gasteiger partial charge in [-0.25, -0.2) is 0 Å². The van der Waals surface area contributed by atoms with Gasteiger partial charge in [-0.3, -0.25) is 14.4 Å². The third-order valence-electron chi connectivity index (χ3n) is 9.52. The number of unbranched alkanes of at least 4 members (excludes halogenated alkanes) is 14. The van der Waals surface area contributed by atoms with Crippen molar-refractivity contribution in [1.82, 2.24) is 0 Å². The fourth-order valence-electron chi connectivity index (χ4n) is 5.96. The van der Waals surface area contributed by atoms with Gasteiger partial charge >= 0.3 is 17.9 Å². The second kappa shape index (κ2) is 47.0. The summed E-state index contributed by atoms with van der Waals surface area (Å²) in [6, 6.07) is 0. The lowest BCUT2D eigenvalue weighted by Crippen LogP contribution is -2.30. The Balaban J connectivity index is 4.51. The van der Waals surface area contributed by atoms with E-state index in [9.17, 15) is 14.4 Å². The molecule has 1 unspecified atom stereocenters. The van der Waals surface area contributed by atoms with Crippen molar-refractivity contribution in [3.8, 4) is 0 Å². The summed E-state index contributed by atoms with van der Waals surface area (Å²) in [6.07, 6.45) is 61.1. The molecule has 0 aliphatic rings. The Hall–Kier alpha value is -3.67. The van der Waals surface area contributed by atoms with Gasteiger partial charge in [0.1, 0.15) is 13.2 Å². The molecule has 0 heterocycles. The molecule has 0 aromatic rings. The predicted octanol–water partition coefficient (Wildman–Crippen LogP) is 15.4. The second-order valence-corrected chi connectivity index (χ2v) is 15.3. The van der Waals surface area contributed by atoms with Crippen LogP contribution in [0.2, 0.25) is 0 Å². The molecule has 1 atom stereocenters. The Kier molecular flexibility index (Phi) is 44.1. The van der Waals surface area contributed by atoms with Crippen LogP contribution >= 0.6 is 0 Å². The van der Waals surface area contributed by atoms with Crippen molar-refractivity contribution in [1.29, 1.82) is 0 Å². The Morgan fingerprint density at radius 1 is 0.356 bits per heavy atom. The van der Waals surface area contributed by atoms with Crippen LogP contribution in [0.5, 0.6) is 0 Å². The van der Waals surface area contributed by atoms with Crippen LogP contribution in [0.3, 0.4) is 0 Å². The van der Waals surface area contributed by atoms with Crippen LogP contribution in [-0.4, -0.2) is 37.2 Å². The summed E-state index contributed by atoms with van der Waals surface area (Å²) in [5, 5.41) is 0. The Morgan fingerprint density at radius 3 is 1.19 bits per heavy atom. The molecule has 0 aromatic carbocycles. The standard InChI is InChI=1S/C53H86O6/c1-4-7-10-13-16-19-22-24-26-27-28-30-31-34-37-40-43-46-52(55)58-49-50(48-57-51(54)45-42-39-36-33-21-18-15-12-9-6-3)59-53(56)47-44-41-38-35-32-29-25-23-20-17-14-11-8-5-2/h7,10,12,14-17,19,23-26,28,30,34,37,50H,4-6,8-9,11,13,18,20-22,27,29,31-33,35-36,38-49H2,1-3H3/b10-7-,15-12-,17-14-,19-16-,25-23-,26-24-,30-28-,37-34-. The van der Waals surface area contributed by atoms with Crippen molar-refractivity contribution >= 4 is 17.9 Å². The number of rotatable bonds is 41. The second-order valence-electron chi connectivity index (χ2n) is 15.3. The molecule has 0 saturated heterocycles. The molecule has 0 amide bonds. The lowest BCUT2D eigenvalue weighted by Gasteiger charge is -2.18. The van der Waals surface area contributed by atoms with E-state index in [4.69, 9.17) is 14.2 Å². The molecule has 0 saturated carbocycles. The smallest absolute Gasteiger partial charge is 0.306 e. The molecule has 6 heteroatoms. The van der Waals surface area contributed by atoms with Crippen LogP contribution < -0.4 is 0 Å². The molecule has 0 spiro atoms. The number of carbonyl (C=O) groups excluding carboxylic acids is 3. The van der Waals surface area contributed by atoms with Crippen molar-refractivity contribution in [2.45, 2.75) is 207 Å². The van der Waals surface area contributed by atoms with E-state index in [1.54, 1.807) is 0 Å². The van der Waals surface area contributed by atoms with Crippen molar-refractivity contribution in [2.75, 3.05) is 13.2 Å². The Morgan fingerprint density at radius 2 is 0.712 bits per heavy atom. The zero-order valence-corrected chi connectivity index (χ0v) is 38.0. The highest BCUT2D eigenvalue weighted by Crippen LogP contribution is 2.12. The third-order valence-corrected chi connectivity index (χ3v) is 9.52. The molecule has 0 fully saturated rings. The maximum atomic E-state index is 12.7. The quantitative estimate of drug-likeness (QED) is 0.0265. The minimum Gasteiger partial charge on any atom is -0.462 e. The highest BCUT2D eigenvalue weighted by atomic mass is 16.6. The lowest BCUT2D eigenvalue weighted by molar-refractivity contribution is -0.167. The van der Waals surface area contributed by atoms with Gasteiger partial charge in [-0.05, 0) is 103 Å². The highest BCUT2D eigenvalue weighted by molar-refractivity contribution is 5.71. The fourth-order valence-corrected chi connectivity index (χ4v) is 5.96. The summed E-state index contributed by atoms with van der Waals surface area (Å²) in [4.78, 5) is 37.8. The van der Waals surface area contributed by atoms with E-state index >= 15 is 0 Å². The van der Waals surface area contributed by atoms with E-state index in [1.807, 2.05) is 0 Å². The van der Waals surface area contributed by atoms with E-state index in [-0.39, 0.29) is 37.5 Å². The number of hydrogen-bond donors (Lipinski definition) is 0. The molecule has 0 N–H and O–H groups in total. The Labute approximate surface area is 362 Å². The normalized spacial score (nSPS) is 12.9. The summed E-state index contributed by atoms with van der Waals surface area (Å²) in [5.41, 5.74) is 0. The molecule has 0 aliphatic heterocycles. The van der Waals surface area contributed by atoms with Crippen LogP contribution in [0, 0.1) is 0 Å². The van der Waals surface area contributed by atoms with Gasteiger partial charge in [-0.15, -0.1) is 0 Å². The average molecular weight is 819 g/mol. The topological polar surface area (TPSA) is 78.9 Å². The van der Waals surface area contributed by atoms with Gasteiger partial charge in [0.25, 0.3) is 0 Å². The summed E-state index contributed by atoms with van der Waals surface area (Å²) < 4.78 is 16.7. The van der Waals surface area contributed by atoms with Gasteiger partial charge in [0.15, 0.2) is 6.10 Å². The van der Waals surface area contributed by atoms with Gasteiger partial charge in [-0.2, -0.15) is 0 Å². The van der Waals surface area contributed by atoms with Gasteiger partial charge in [0.05, 0.1) is 0 Å². The van der Waals surface area contributed by atoms with E-state index in [0.717, 1.165) is 122 Å². The molecule has 59 heavy (non-hydrogen) atoms. The fraction of sp³-hybridized carbons (Fsp3) is 0.642. The number of allylic oxidation sites excluding steroid dienone is 16. The third kappa shape index (κ3) is 45.3. The van der Waals surface area contributed by atoms with E-state index < -0.39 is 6.10 Å². The molecule has 0 aliphatic carbocycles. The first-order valence-electron chi connectivity index (χ1n) is 23.7. The average Bonchev–Trinajstić information content (AvgIpc) is 3.23. The number of hydrogen-bond acceptors (Lipinski definition) is 6.